The molecule has 0 aromatic heterocycles. The number of nitroso groups, excluding NO2 is 1. The summed E-state index contributed by atoms with van der Waals surface area (Å²) in [5, 5.41) is 2.74. The summed E-state index contributed by atoms with van der Waals surface area (Å²) in [6, 6.07) is 5.99. The number of hydrogen-bond donors (Lipinski definition) is 0. The van der Waals surface area contributed by atoms with Crippen molar-refractivity contribution in [3.05, 3.63) is 34.7 Å². The molecule has 0 atom stereocenters. The summed E-state index contributed by atoms with van der Waals surface area (Å²) in [5.74, 6) is -0.403. The van der Waals surface area contributed by atoms with Gasteiger partial charge in [0.05, 0.1) is 5.56 Å². The Morgan fingerprint density at radius 2 is 1.73 bits per heavy atom. The zero-order valence-electron chi connectivity index (χ0n) is 8.98. The molecule has 1 rings (SSSR count). The molecule has 15 heavy (non-hydrogen) atoms. The van der Waals surface area contributed by atoms with Crippen LogP contribution in [0.1, 0.15) is 31.1 Å². The number of carbonyl (C=O) groups is 1. The maximum atomic E-state index is 11.5. The van der Waals surface area contributed by atoms with Crippen LogP contribution in [-0.4, -0.2) is 11.6 Å². The van der Waals surface area contributed by atoms with Crippen molar-refractivity contribution in [1.29, 1.82) is 0 Å². The van der Waals surface area contributed by atoms with Gasteiger partial charge in [-0.3, -0.25) is 0 Å². The van der Waals surface area contributed by atoms with Crippen molar-refractivity contribution in [2.24, 2.45) is 5.18 Å². The molecule has 0 aliphatic rings. The van der Waals surface area contributed by atoms with Crippen LogP contribution >= 0.6 is 0 Å². The molecule has 0 unspecified atom stereocenters. The highest BCUT2D eigenvalue weighted by Gasteiger charge is 2.17. The summed E-state index contributed by atoms with van der Waals surface area (Å²) in [5.41, 5.74) is 0.193. The lowest BCUT2D eigenvalue weighted by Gasteiger charge is -2.19. The molecule has 0 saturated heterocycles. The summed E-state index contributed by atoms with van der Waals surface area (Å²) >= 11 is 0. The van der Waals surface area contributed by atoms with E-state index in [0.717, 1.165) is 0 Å². The van der Waals surface area contributed by atoms with Gasteiger partial charge in [0.1, 0.15) is 11.3 Å². The second-order valence-electron chi connectivity index (χ2n) is 4.14. The molecule has 0 saturated carbocycles. The van der Waals surface area contributed by atoms with Gasteiger partial charge in [0, 0.05) is 0 Å². The van der Waals surface area contributed by atoms with Crippen molar-refractivity contribution in [2.45, 2.75) is 26.4 Å². The Bertz CT molecular complexity index is 362. The van der Waals surface area contributed by atoms with Crippen molar-refractivity contribution < 1.29 is 9.53 Å². The molecule has 0 amide bonds. The first-order chi connectivity index (χ1) is 6.92. The van der Waals surface area contributed by atoms with E-state index in [4.69, 9.17) is 4.74 Å². The molecule has 4 heteroatoms. The van der Waals surface area contributed by atoms with Crippen molar-refractivity contribution in [3.63, 3.8) is 0 Å². The quantitative estimate of drug-likeness (QED) is 0.553. The number of benzene rings is 1. The number of carbonyl (C=O) groups excluding carboxylic acids is 1. The predicted molar refractivity (Wildman–Crippen MR) is 57.1 cm³/mol. The predicted octanol–water partition coefficient (Wildman–Crippen LogP) is 3.04. The number of nitrogens with zero attached hydrogens (tertiary/aromatic N) is 1. The molecular formula is C11H13NO3. The van der Waals surface area contributed by atoms with Crippen LogP contribution in [0.4, 0.5) is 5.69 Å². The standard InChI is InChI=1S/C11H13NO3/c1-11(2,3)15-10(13)8-4-6-9(12-14)7-5-8/h4-7H,1-3H3. The van der Waals surface area contributed by atoms with Gasteiger partial charge in [0.15, 0.2) is 0 Å². The van der Waals surface area contributed by atoms with Gasteiger partial charge in [-0.2, -0.15) is 0 Å². The fraction of sp³-hybridized carbons (Fsp3) is 0.364. The summed E-state index contributed by atoms with van der Waals surface area (Å²) in [4.78, 5) is 21.7. The van der Waals surface area contributed by atoms with E-state index < -0.39 is 11.6 Å². The third-order valence-electron chi connectivity index (χ3n) is 1.61. The molecule has 0 N–H and O–H groups in total. The summed E-state index contributed by atoms with van der Waals surface area (Å²) in [7, 11) is 0. The Balaban J connectivity index is 2.79. The van der Waals surface area contributed by atoms with Gasteiger partial charge in [0.2, 0.25) is 0 Å². The molecule has 0 radical (unpaired) electrons. The van der Waals surface area contributed by atoms with E-state index in [1.165, 1.54) is 24.3 Å². The fourth-order valence-corrected chi connectivity index (χ4v) is 0.995. The second kappa shape index (κ2) is 4.21. The summed E-state index contributed by atoms with van der Waals surface area (Å²) in [6.45, 7) is 5.39. The van der Waals surface area contributed by atoms with Crippen LogP contribution < -0.4 is 0 Å². The average molecular weight is 207 g/mol. The number of rotatable bonds is 2. The van der Waals surface area contributed by atoms with Crippen LogP contribution in [0, 0.1) is 4.91 Å². The van der Waals surface area contributed by atoms with Crippen LogP contribution in [0.2, 0.25) is 0 Å². The van der Waals surface area contributed by atoms with E-state index in [-0.39, 0.29) is 0 Å². The monoisotopic (exact) mass is 207 g/mol. The maximum Gasteiger partial charge on any atom is 0.338 e. The first kappa shape index (κ1) is 11.4. The van der Waals surface area contributed by atoms with Crippen molar-refractivity contribution >= 4 is 11.7 Å². The van der Waals surface area contributed by atoms with Gasteiger partial charge in [-0.25, -0.2) is 4.79 Å². The third kappa shape index (κ3) is 3.50. The van der Waals surface area contributed by atoms with Crippen LogP contribution in [0.25, 0.3) is 0 Å². The molecule has 0 spiro atoms. The molecule has 0 fully saturated rings. The summed E-state index contributed by atoms with van der Waals surface area (Å²) < 4.78 is 5.15. The topological polar surface area (TPSA) is 55.7 Å². The number of ether oxygens (including phenoxy) is 1. The van der Waals surface area contributed by atoms with E-state index in [2.05, 4.69) is 5.18 Å². The average Bonchev–Trinajstić information content (AvgIpc) is 2.15. The van der Waals surface area contributed by atoms with Gasteiger partial charge in [0.25, 0.3) is 0 Å². The molecule has 1 aromatic carbocycles. The van der Waals surface area contributed by atoms with Gasteiger partial charge in [-0.15, -0.1) is 4.91 Å². The van der Waals surface area contributed by atoms with Crippen molar-refractivity contribution in [2.75, 3.05) is 0 Å². The van der Waals surface area contributed by atoms with Crippen LogP contribution in [0.15, 0.2) is 29.4 Å². The van der Waals surface area contributed by atoms with Crippen LogP contribution in [0.3, 0.4) is 0 Å². The zero-order valence-corrected chi connectivity index (χ0v) is 8.98. The first-order valence-corrected chi connectivity index (χ1v) is 4.59. The van der Waals surface area contributed by atoms with Gasteiger partial charge >= 0.3 is 5.97 Å². The van der Waals surface area contributed by atoms with E-state index in [1.54, 1.807) is 20.8 Å². The van der Waals surface area contributed by atoms with E-state index in [1.807, 2.05) is 0 Å². The minimum Gasteiger partial charge on any atom is -0.456 e. The Morgan fingerprint density at radius 1 is 1.20 bits per heavy atom. The third-order valence-corrected chi connectivity index (χ3v) is 1.61. The number of hydrogen-bond acceptors (Lipinski definition) is 4. The van der Waals surface area contributed by atoms with Crippen LogP contribution in [-0.2, 0) is 4.74 Å². The highest BCUT2D eigenvalue weighted by Crippen LogP contribution is 2.15. The smallest absolute Gasteiger partial charge is 0.338 e. The molecule has 80 valence electrons. The Kier molecular flexibility index (Phi) is 3.19. The van der Waals surface area contributed by atoms with Crippen molar-refractivity contribution in [3.8, 4) is 0 Å². The minimum atomic E-state index is -0.515. The van der Waals surface area contributed by atoms with E-state index >= 15 is 0 Å². The lowest BCUT2D eigenvalue weighted by Crippen LogP contribution is -2.23. The molecular weight excluding hydrogens is 194 g/mol. The van der Waals surface area contributed by atoms with E-state index in [0.29, 0.717) is 11.3 Å². The van der Waals surface area contributed by atoms with Crippen molar-refractivity contribution in [1.82, 2.24) is 0 Å². The zero-order chi connectivity index (χ0) is 11.5. The Hall–Kier alpha value is -1.71. The maximum absolute atomic E-state index is 11.5. The van der Waals surface area contributed by atoms with E-state index in [9.17, 15) is 9.70 Å². The minimum absolute atomic E-state index is 0.294. The normalized spacial score (nSPS) is 10.9. The highest BCUT2D eigenvalue weighted by atomic mass is 16.6. The highest BCUT2D eigenvalue weighted by molar-refractivity contribution is 5.90. The van der Waals surface area contributed by atoms with Gasteiger partial charge < -0.3 is 4.74 Å². The lowest BCUT2D eigenvalue weighted by atomic mass is 10.1. The fourth-order valence-electron chi connectivity index (χ4n) is 0.995. The lowest BCUT2D eigenvalue weighted by molar-refractivity contribution is 0.00696. The Labute approximate surface area is 88.2 Å². The molecule has 1 aromatic rings. The second-order valence-corrected chi connectivity index (χ2v) is 4.14. The molecule has 0 heterocycles. The van der Waals surface area contributed by atoms with Crippen LogP contribution in [0.5, 0.6) is 0 Å². The Morgan fingerprint density at radius 3 is 2.13 bits per heavy atom. The SMILES string of the molecule is CC(C)(C)OC(=O)c1ccc(N=O)cc1. The molecule has 0 bridgehead atoms. The largest absolute Gasteiger partial charge is 0.456 e. The molecule has 0 aliphatic heterocycles. The van der Waals surface area contributed by atoms with Gasteiger partial charge in [-0.1, -0.05) is 0 Å². The molecule has 4 nitrogen and oxygen atoms in total. The number of esters is 1. The first-order valence-electron chi connectivity index (χ1n) is 4.59. The van der Waals surface area contributed by atoms with Gasteiger partial charge in [-0.05, 0) is 50.2 Å². The molecule has 0 aliphatic carbocycles. The summed E-state index contributed by atoms with van der Waals surface area (Å²) in [6.07, 6.45) is 0.